The van der Waals surface area contributed by atoms with E-state index in [2.05, 4.69) is 10.9 Å². The second kappa shape index (κ2) is 4.14. The van der Waals surface area contributed by atoms with Gasteiger partial charge in [0, 0.05) is 6.42 Å². The summed E-state index contributed by atoms with van der Waals surface area (Å²) in [5.41, 5.74) is 9.70. The van der Waals surface area contributed by atoms with E-state index in [4.69, 9.17) is 5.73 Å². The lowest BCUT2D eigenvalue weighted by Crippen LogP contribution is -2.50. The third-order valence-electron chi connectivity index (χ3n) is 5.03. The van der Waals surface area contributed by atoms with Crippen molar-refractivity contribution >= 4 is 11.9 Å². The van der Waals surface area contributed by atoms with Crippen molar-refractivity contribution in [2.75, 3.05) is 0 Å². The zero-order chi connectivity index (χ0) is 12.8. The van der Waals surface area contributed by atoms with Gasteiger partial charge in [-0.1, -0.05) is 0 Å². The Labute approximate surface area is 107 Å². The molecule has 5 heteroatoms. The molecule has 100 valence electrons. The minimum absolute atomic E-state index is 0.101. The molecule has 0 atom stereocenters. The van der Waals surface area contributed by atoms with Crippen molar-refractivity contribution in [2.45, 2.75) is 44.9 Å². The first-order valence-electron chi connectivity index (χ1n) is 6.89. The maximum absolute atomic E-state index is 11.9. The summed E-state index contributed by atoms with van der Waals surface area (Å²) in [4.78, 5) is 22.4. The standard InChI is InChI=1S/C13H21N3O2/c14-12(18)16-15-11(17)7-13-4-8-1-9(5-13)3-10(2-8)6-13/h8-10H,1-7H2,(H,15,17)(H3,14,16,18). The predicted octanol–water partition coefficient (Wildman–Crippen LogP) is 1.29. The molecule has 0 aromatic rings. The maximum atomic E-state index is 11.9. The monoisotopic (exact) mass is 251 g/mol. The summed E-state index contributed by atoms with van der Waals surface area (Å²) >= 11 is 0. The molecule has 3 amide bonds. The Hall–Kier alpha value is -1.26. The van der Waals surface area contributed by atoms with Gasteiger partial charge in [0.1, 0.15) is 0 Å². The lowest BCUT2D eigenvalue weighted by atomic mass is 9.49. The minimum atomic E-state index is -0.714. The molecular weight excluding hydrogens is 230 g/mol. The van der Waals surface area contributed by atoms with Gasteiger partial charge < -0.3 is 5.73 Å². The van der Waals surface area contributed by atoms with Gasteiger partial charge in [-0.15, -0.1) is 0 Å². The van der Waals surface area contributed by atoms with Gasteiger partial charge >= 0.3 is 6.03 Å². The molecule has 4 N–H and O–H groups in total. The highest BCUT2D eigenvalue weighted by molar-refractivity contribution is 5.80. The Kier molecular flexibility index (Phi) is 2.72. The summed E-state index contributed by atoms with van der Waals surface area (Å²) < 4.78 is 0. The van der Waals surface area contributed by atoms with Crippen LogP contribution in [-0.2, 0) is 4.79 Å². The van der Waals surface area contributed by atoms with Crippen LogP contribution < -0.4 is 16.6 Å². The zero-order valence-electron chi connectivity index (χ0n) is 10.6. The van der Waals surface area contributed by atoms with Crippen molar-refractivity contribution in [3.63, 3.8) is 0 Å². The fourth-order valence-corrected chi connectivity index (χ4v) is 5.02. The van der Waals surface area contributed by atoms with E-state index in [1.807, 2.05) is 0 Å². The molecule has 4 saturated carbocycles. The van der Waals surface area contributed by atoms with Crippen molar-refractivity contribution in [2.24, 2.45) is 28.9 Å². The number of hydrogen-bond acceptors (Lipinski definition) is 2. The first kappa shape index (κ1) is 11.8. The van der Waals surface area contributed by atoms with E-state index in [0.29, 0.717) is 6.42 Å². The van der Waals surface area contributed by atoms with Crippen molar-refractivity contribution < 1.29 is 9.59 Å². The molecule has 0 spiro atoms. The van der Waals surface area contributed by atoms with E-state index in [1.54, 1.807) is 0 Å². The van der Waals surface area contributed by atoms with Crippen molar-refractivity contribution in [1.29, 1.82) is 0 Å². The Morgan fingerprint density at radius 2 is 1.50 bits per heavy atom. The average Bonchev–Trinajstić information content (AvgIpc) is 2.23. The molecule has 0 radical (unpaired) electrons. The van der Waals surface area contributed by atoms with Crippen LogP contribution in [0.25, 0.3) is 0 Å². The highest BCUT2D eigenvalue weighted by Gasteiger charge is 2.51. The topological polar surface area (TPSA) is 84.2 Å². The lowest BCUT2D eigenvalue weighted by Gasteiger charge is -2.56. The number of amides is 3. The van der Waals surface area contributed by atoms with Gasteiger partial charge in [0.25, 0.3) is 0 Å². The molecule has 0 aromatic heterocycles. The molecule has 0 heterocycles. The van der Waals surface area contributed by atoms with Crippen LogP contribution in [0.15, 0.2) is 0 Å². The van der Waals surface area contributed by atoms with Crippen LogP contribution in [0.2, 0.25) is 0 Å². The molecule has 0 saturated heterocycles. The summed E-state index contributed by atoms with van der Waals surface area (Å²) in [5, 5.41) is 0. The van der Waals surface area contributed by atoms with Crippen LogP contribution in [0.5, 0.6) is 0 Å². The number of urea groups is 1. The van der Waals surface area contributed by atoms with Gasteiger partial charge in [-0.05, 0) is 61.7 Å². The van der Waals surface area contributed by atoms with E-state index in [1.165, 1.54) is 38.5 Å². The summed E-state index contributed by atoms with van der Waals surface area (Å²) in [5.74, 6) is 2.42. The second-order valence-corrected chi connectivity index (χ2v) is 6.63. The van der Waals surface area contributed by atoms with Gasteiger partial charge in [-0.3, -0.25) is 10.2 Å². The third kappa shape index (κ3) is 2.18. The van der Waals surface area contributed by atoms with Crippen LogP contribution in [-0.4, -0.2) is 11.9 Å². The molecule has 18 heavy (non-hydrogen) atoms. The SMILES string of the molecule is NC(=O)NNC(=O)CC12CC3CC(CC(C3)C1)C2. The molecule has 0 aromatic carbocycles. The Morgan fingerprint density at radius 3 is 1.94 bits per heavy atom. The highest BCUT2D eigenvalue weighted by atomic mass is 16.2. The van der Waals surface area contributed by atoms with Crippen LogP contribution in [0.4, 0.5) is 4.79 Å². The number of nitrogens with two attached hydrogens (primary N) is 1. The number of carbonyl (C=O) groups excluding carboxylic acids is 2. The number of carbonyl (C=O) groups is 2. The fraction of sp³-hybridized carbons (Fsp3) is 0.846. The predicted molar refractivity (Wildman–Crippen MR) is 66.1 cm³/mol. The molecule has 0 aliphatic heterocycles. The van der Waals surface area contributed by atoms with Crippen molar-refractivity contribution in [3.05, 3.63) is 0 Å². The van der Waals surface area contributed by atoms with E-state index < -0.39 is 6.03 Å². The smallest absolute Gasteiger partial charge is 0.330 e. The molecule has 0 unspecified atom stereocenters. The third-order valence-corrected chi connectivity index (χ3v) is 5.03. The molecule has 4 aliphatic carbocycles. The number of hydrazine groups is 1. The summed E-state index contributed by atoms with van der Waals surface area (Å²) in [7, 11) is 0. The van der Waals surface area contributed by atoms with Crippen LogP contribution in [0.3, 0.4) is 0 Å². The minimum Gasteiger partial charge on any atom is -0.350 e. The van der Waals surface area contributed by atoms with Crippen molar-refractivity contribution in [1.82, 2.24) is 10.9 Å². The van der Waals surface area contributed by atoms with E-state index in [-0.39, 0.29) is 11.3 Å². The fourth-order valence-electron chi connectivity index (χ4n) is 5.02. The molecule has 4 rings (SSSR count). The first-order chi connectivity index (χ1) is 8.55. The quantitative estimate of drug-likeness (QED) is 0.646. The van der Waals surface area contributed by atoms with E-state index in [0.717, 1.165) is 17.8 Å². The molecule has 4 fully saturated rings. The Balaban J connectivity index is 1.61. The molecular formula is C13H21N3O2. The number of rotatable bonds is 2. The van der Waals surface area contributed by atoms with Gasteiger partial charge in [0.15, 0.2) is 0 Å². The second-order valence-electron chi connectivity index (χ2n) is 6.63. The van der Waals surface area contributed by atoms with Gasteiger partial charge in [0.2, 0.25) is 5.91 Å². The van der Waals surface area contributed by atoms with Gasteiger partial charge in [-0.2, -0.15) is 0 Å². The summed E-state index contributed by atoms with van der Waals surface area (Å²) in [6.07, 6.45) is 8.26. The highest BCUT2D eigenvalue weighted by Crippen LogP contribution is 2.61. The van der Waals surface area contributed by atoms with E-state index >= 15 is 0 Å². The first-order valence-corrected chi connectivity index (χ1v) is 6.89. The molecule has 5 nitrogen and oxygen atoms in total. The number of nitrogens with one attached hydrogen (secondary N) is 2. The maximum Gasteiger partial charge on any atom is 0.330 e. The number of primary amides is 1. The Morgan fingerprint density at radius 1 is 1.00 bits per heavy atom. The van der Waals surface area contributed by atoms with Crippen LogP contribution in [0, 0.1) is 23.2 Å². The van der Waals surface area contributed by atoms with Gasteiger partial charge in [-0.25, -0.2) is 10.2 Å². The van der Waals surface area contributed by atoms with Crippen LogP contribution in [0.1, 0.15) is 44.9 Å². The normalized spacial score (nSPS) is 40.6. The largest absolute Gasteiger partial charge is 0.350 e. The number of hydrogen-bond donors (Lipinski definition) is 3. The summed E-state index contributed by atoms with van der Waals surface area (Å²) in [6.45, 7) is 0. The summed E-state index contributed by atoms with van der Waals surface area (Å²) in [6, 6.07) is -0.714. The zero-order valence-corrected chi connectivity index (χ0v) is 10.6. The lowest BCUT2D eigenvalue weighted by molar-refractivity contribution is -0.130. The average molecular weight is 251 g/mol. The molecule has 4 aliphatic rings. The van der Waals surface area contributed by atoms with Gasteiger partial charge in [0.05, 0.1) is 0 Å². The Bertz CT molecular complexity index is 345. The van der Waals surface area contributed by atoms with Crippen LogP contribution >= 0.6 is 0 Å². The van der Waals surface area contributed by atoms with E-state index in [9.17, 15) is 9.59 Å². The van der Waals surface area contributed by atoms with Crippen molar-refractivity contribution in [3.8, 4) is 0 Å². The molecule has 4 bridgehead atoms.